The summed E-state index contributed by atoms with van der Waals surface area (Å²) in [6.07, 6.45) is 1.17. The molecule has 0 aliphatic carbocycles. The molecule has 0 bridgehead atoms. The monoisotopic (exact) mass is 211 g/mol. The molecular weight excluding hydrogens is 200 g/mol. The molecule has 1 aromatic rings. The van der Waals surface area contributed by atoms with Gasteiger partial charge in [0.1, 0.15) is 11.6 Å². The zero-order chi connectivity index (χ0) is 11.0. The van der Waals surface area contributed by atoms with Crippen molar-refractivity contribution >= 4 is 5.91 Å². The van der Waals surface area contributed by atoms with Gasteiger partial charge in [0.05, 0.1) is 0 Å². The highest BCUT2D eigenvalue weighted by molar-refractivity contribution is 5.97. The van der Waals surface area contributed by atoms with Crippen molar-refractivity contribution < 1.29 is 13.6 Å². The summed E-state index contributed by atoms with van der Waals surface area (Å²) in [6, 6.07) is 1.86. The molecule has 1 atom stereocenters. The minimum Gasteiger partial charge on any atom is -0.349 e. The summed E-state index contributed by atoms with van der Waals surface area (Å²) >= 11 is 0. The van der Waals surface area contributed by atoms with Gasteiger partial charge >= 0.3 is 0 Å². The van der Waals surface area contributed by atoms with Crippen LogP contribution < -0.4 is 5.32 Å². The summed E-state index contributed by atoms with van der Waals surface area (Å²) < 4.78 is 26.3. The number of amides is 1. The molecule has 1 amide bonds. The largest absolute Gasteiger partial charge is 0.349 e. The van der Waals surface area contributed by atoms with Crippen LogP contribution in [0.25, 0.3) is 0 Å². The summed E-state index contributed by atoms with van der Waals surface area (Å²) in [4.78, 5) is 11.5. The van der Waals surface area contributed by atoms with Crippen molar-refractivity contribution in [3.63, 3.8) is 0 Å². The predicted octanol–water partition coefficient (Wildman–Crippen LogP) is 2.03. The van der Waals surface area contributed by atoms with Gasteiger partial charge in [-0.25, -0.2) is 8.78 Å². The molecule has 0 saturated carbocycles. The van der Waals surface area contributed by atoms with Crippen LogP contribution in [0, 0.1) is 11.6 Å². The van der Waals surface area contributed by atoms with Crippen LogP contribution in [0.5, 0.6) is 0 Å². The number of carbonyl (C=O) groups excluding carboxylic acids is 1. The van der Waals surface area contributed by atoms with Crippen molar-refractivity contribution in [2.24, 2.45) is 0 Å². The van der Waals surface area contributed by atoms with E-state index in [0.717, 1.165) is 18.6 Å². The summed E-state index contributed by atoms with van der Waals surface area (Å²) in [6.45, 7) is 1.91. The van der Waals surface area contributed by atoms with E-state index in [1.807, 2.05) is 6.92 Å². The summed E-state index contributed by atoms with van der Waals surface area (Å²) in [5.74, 6) is -1.73. The van der Waals surface area contributed by atoms with E-state index in [9.17, 15) is 13.6 Å². The maximum Gasteiger partial charge on any atom is 0.251 e. The standard InChI is InChI=1S/C11H11F2NO/c1-2-7-5-8-9(11(15)14-7)3-6(12)4-10(8)13/h3-4,7H,2,5H2,1H3,(H,14,15). The Morgan fingerprint density at radius 1 is 1.47 bits per heavy atom. The van der Waals surface area contributed by atoms with Crippen molar-refractivity contribution in [3.05, 3.63) is 34.9 Å². The quantitative estimate of drug-likeness (QED) is 0.756. The molecule has 15 heavy (non-hydrogen) atoms. The maximum absolute atomic E-state index is 13.4. The van der Waals surface area contributed by atoms with Gasteiger partial charge in [-0.2, -0.15) is 0 Å². The van der Waals surface area contributed by atoms with E-state index in [2.05, 4.69) is 5.32 Å². The first-order valence-electron chi connectivity index (χ1n) is 4.90. The van der Waals surface area contributed by atoms with Crippen LogP contribution in [0.15, 0.2) is 12.1 Å². The number of rotatable bonds is 1. The van der Waals surface area contributed by atoms with Crippen LogP contribution in [0.4, 0.5) is 8.78 Å². The Bertz CT molecular complexity index is 417. The first kappa shape index (κ1) is 10.1. The fraction of sp³-hybridized carbons (Fsp3) is 0.364. The minimum atomic E-state index is -0.712. The SMILES string of the molecule is CCC1Cc2c(F)cc(F)cc2C(=O)N1. The van der Waals surface area contributed by atoms with Crippen molar-refractivity contribution in [2.45, 2.75) is 25.8 Å². The van der Waals surface area contributed by atoms with Gasteiger partial charge in [0, 0.05) is 23.2 Å². The Kier molecular flexibility index (Phi) is 2.42. The molecule has 1 aliphatic rings. The Labute approximate surface area is 86.3 Å². The normalized spacial score (nSPS) is 19.7. The molecule has 0 saturated heterocycles. The van der Waals surface area contributed by atoms with E-state index in [0.29, 0.717) is 12.0 Å². The van der Waals surface area contributed by atoms with Crippen molar-refractivity contribution in [1.82, 2.24) is 5.32 Å². The maximum atomic E-state index is 13.4. The molecule has 4 heteroatoms. The smallest absolute Gasteiger partial charge is 0.251 e. The number of fused-ring (bicyclic) bond motifs is 1. The zero-order valence-electron chi connectivity index (χ0n) is 8.31. The van der Waals surface area contributed by atoms with Gasteiger partial charge in [0.2, 0.25) is 0 Å². The van der Waals surface area contributed by atoms with Gasteiger partial charge < -0.3 is 5.32 Å². The van der Waals surface area contributed by atoms with Crippen LogP contribution in [-0.4, -0.2) is 11.9 Å². The number of hydrogen-bond acceptors (Lipinski definition) is 1. The number of hydrogen-bond donors (Lipinski definition) is 1. The molecule has 0 fully saturated rings. The van der Waals surface area contributed by atoms with Crippen LogP contribution in [0.1, 0.15) is 29.3 Å². The summed E-state index contributed by atoms with van der Waals surface area (Å²) in [5, 5.41) is 2.70. The fourth-order valence-electron chi connectivity index (χ4n) is 1.82. The Hall–Kier alpha value is -1.45. The van der Waals surface area contributed by atoms with Crippen molar-refractivity contribution in [1.29, 1.82) is 0 Å². The van der Waals surface area contributed by atoms with E-state index < -0.39 is 11.6 Å². The van der Waals surface area contributed by atoms with Gasteiger partial charge in [-0.1, -0.05) is 6.92 Å². The van der Waals surface area contributed by atoms with Crippen molar-refractivity contribution in [2.75, 3.05) is 0 Å². The average molecular weight is 211 g/mol. The third kappa shape index (κ3) is 1.71. The van der Waals surface area contributed by atoms with Gasteiger partial charge in [-0.05, 0) is 18.9 Å². The predicted molar refractivity (Wildman–Crippen MR) is 51.6 cm³/mol. The zero-order valence-corrected chi connectivity index (χ0v) is 8.31. The third-order valence-electron chi connectivity index (χ3n) is 2.68. The highest BCUT2D eigenvalue weighted by Crippen LogP contribution is 2.22. The van der Waals surface area contributed by atoms with Gasteiger partial charge in [0.25, 0.3) is 5.91 Å². The van der Waals surface area contributed by atoms with Crippen LogP contribution in [-0.2, 0) is 6.42 Å². The second-order valence-corrected chi connectivity index (χ2v) is 3.70. The third-order valence-corrected chi connectivity index (χ3v) is 2.68. The Morgan fingerprint density at radius 2 is 2.20 bits per heavy atom. The number of benzene rings is 1. The summed E-state index contributed by atoms with van der Waals surface area (Å²) in [7, 11) is 0. The van der Waals surface area contributed by atoms with Gasteiger partial charge in [0.15, 0.2) is 0 Å². The second kappa shape index (κ2) is 3.61. The highest BCUT2D eigenvalue weighted by Gasteiger charge is 2.26. The van der Waals surface area contributed by atoms with Crippen LogP contribution >= 0.6 is 0 Å². The number of carbonyl (C=O) groups is 1. The summed E-state index contributed by atoms with van der Waals surface area (Å²) in [5.41, 5.74) is 0.448. The lowest BCUT2D eigenvalue weighted by Gasteiger charge is -2.24. The first-order chi connectivity index (χ1) is 7.11. The van der Waals surface area contributed by atoms with E-state index >= 15 is 0 Å². The average Bonchev–Trinajstić information content (AvgIpc) is 2.19. The Morgan fingerprint density at radius 3 is 2.87 bits per heavy atom. The molecule has 0 radical (unpaired) electrons. The fourth-order valence-corrected chi connectivity index (χ4v) is 1.82. The van der Waals surface area contributed by atoms with Gasteiger partial charge in [-0.15, -0.1) is 0 Å². The molecule has 1 unspecified atom stereocenters. The van der Waals surface area contributed by atoms with Crippen molar-refractivity contribution in [3.8, 4) is 0 Å². The lowest BCUT2D eigenvalue weighted by molar-refractivity contribution is 0.0922. The van der Waals surface area contributed by atoms with E-state index in [1.54, 1.807) is 0 Å². The topological polar surface area (TPSA) is 29.1 Å². The lowest BCUT2D eigenvalue weighted by atomic mass is 9.93. The van der Waals surface area contributed by atoms with Gasteiger partial charge in [-0.3, -0.25) is 4.79 Å². The number of halogens is 2. The van der Waals surface area contributed by atoms with E-state index in [-0.39, 0.29) is 17.5 Å². The molecule has 80 valence electrons. The second-order valence-electron chi connectivity index (χ2n) is 3.70. The lowest BCUT2D eigenvalue weighted by Crippen LogP contribution is -2.41. The Balaban J connectivity index is 2.50. The molecule has 1 aliphatic heterocycles. The molecule has 0 spiro atoms. The minimum absolute atomic E-state index is 0.0510. The first-order valence-corrected chi connectivity index (χ1v) is 4.90. The number of nitrogens with one attached hydrogen (secondary N) is 1. The van der Waals surface area contributed by atoms with E-state index in [4.69, 9.17) is 0 Å². The van der Waals surface area contributed by atoms with Crippen LogP contribution in [0.3, 0.4) is 0 Å². The molecule has 1 N–H and O–H groups in total. The van der Waals surface area contributed by atoms with Crippen LogP contribution in [0.2, 0.25) is 0 Å². The molecular formula is C11H11F2NO. The molecule has 0 aromatic heterocycles. The van der Waals surface area contributed by atoms with E-state index in [1.165, 1.54) is 0 Å². The molecule has 1 aromatic carbocycles. The molecule has 1 heterocycles. The molecule has 2 rings (SSSR count). The highest BCUT2D eigenvalue weighted by atomic mass is 19.1. The molecule has 2 nitrogen and oxygen atoms in total.